The molecule has 1 saturated heterocycles. The fourth-order valence-corrected chi connectivity index (χ4v) is 7.10. The van der Waals surface area contributed by atoms with Crippen LogP contribution < -0.4 is 29.6 Å². The van der Waals surface area contributed by atoms with Crippen LogP contribution >= 0.6 is 0 Å². The Labute approximate surface area is 303 Å². The number of ether oxygens (including phenoxy) is 7. The van der Waals surface area contributed by atoms with Gasteiger partial charge in [-0.1, -0.05) is 0 Å². The molecule has 53 heavy (non-hydrogen) atoms. The van der Waals surface area contributed by atoms with Crippen molar-refractivity contribution < 1.29 is 73.4 Å². The van der Waals surface area contributed by atoms with Crippen LogP contribution in [0.25, 0.3) is 11.1 Å². The number of rotatable bonds is 0. The number of fused-ring (bicyclic) bond motifs is 10. The minimum absolute atomic E-state index is 0.0115. The molecule has 2 aromatic carbocycles. The highest BCUT2D eigenvalue weighted by Crippen LogP contribution is 2.51. The minimum atomic E-state index is -1.40. The summed E-state index contributed by atoms with van der Waals surface area (Å²) >= 11 is 0. The molecule has 0 saturated carbocycles. The Kier molecular flexibility index (Phi) is 9.04. The molecule has 0 radical (unpaired) electrons. The molecule has 17 nitrogen and oxygen atoms in total. The van der Waals surface area contributed by atoms with Crippen LogP contribution in [0.3, 0.4) is 0 Å². The van der Waals surface area contributed by atoms with Crippen molar-refractivity contribution >= 4 is 23.0 Å². The summed E-state index contributed by atoms with van der Waals surface area (Å²) in [6.45, 7) is 9.50. The van der Waals surface area contributed by atoms with Crippen molar-refractivity contribution in [3.63, 3.8) is 0 Å². The normalized spacial score (nSPS) is 30.6. The molecule has 0 spiro atoms. The fraction of sp³-hybridized carbons (Fsp3) is 0.500. The predicted molar refractivity (Wildman–Crippen MR) is 182 cm³/mol. The monoisotopic (exact) mass is 742 g/mol. The maximum atomic E-state index is 12.6. The summed E-state index contributed by atoms with van der Waals surface area (Å²) < 4.78 is 37.6. The van der Waals surface area contributed by atoms with Gasteiger partial charge in [0.2, 0.25) is 25.1 Å². The molecule has 0 aromatic heterocycles. The molecule has 286 valence electrons. The van der Waals surface area contributed by atoms with Crippen LogP contribution in [0.15, 0.2) is 24.3 Å². The second-order valence-electron chi connectivity index (χ2n) is 14.8. The first-order valence-electron chi connectivity index (χ1n) is 16.9. The summed E-state index contributed by atoms with van der Waals surface area (Å²) in [5.74, 6) is -1.62. The molecule has 0 unspecified atom stereocenters. The van der Waals surface area contributed by atoms with Crippen molar-refractivity contribution in [2.75, 3.05) is 20.7 Å². The molecule has 17 heteroatoms. The Bertz CT molecular complexity index is 1920. The Balaban J connectivity index is 0.000000144. The Morgan fingerprint density at radius 3 is 1.68 bits per heavy atom. The highest BCUT2D eigenvalue weighted by Gasteiger charge is 2.54. The van der Waals surface area contributed by atoms with Crippen molar-refractivity contribution in [1.82, 2.24) is 10.6 Å². The second-order valence-corrected chi connectivity index (χ2v) is 14.8. The standard InChI is InChI=1S/C17H17NO7.C14H13NO7.C5H12O/c1-17(2)24-13-8(19)3-7-6-4-9-14(23-5-22-9)12(20)10(6)16(21)18-11(7)15(13)25-17;16-6-1-5-4-2-7-13(22-3-21-7)11(18)8(4)14(20)15-9(5)12(19)10(6)17;1-5(2,3)6-4/h3-4,8,11,13,15,19-20H,5H2,1-2H3,(H,18,21);1-2,6,9-10,12,16-19H,3H2,(H,15,20);1-4H3/t8-,11+,13+,15-;6-,9+,10+,12-;/m00./s1. The van der Waals surface area contributed by atoms with Gasteiger partial charge >= 0.3 is 0 Å². The summed E-state index contributed by atoms with van der Waals surface area (Å²) in [6.07, 6.45) is -3.07. The van der Waals surface area contributed by atoms with E-state index in [1.165, 1.54) is 12.1 Å². The van der Waals surface area contributed by atoms with E-state index in [-0.39, 0.29) is 59.1 Å². The van der Waals surface area contributed by atoms with Gasteiger partial charge in [0.15, 0.2) is 28.8 Å². The van der Waals surface area contributed by atoms with Gasteiger partial charge in [0.05, 0.1) is 28.8 Å². The quantitative estimate of drug-likeness (QED) is 0.185. The minimum Gasteiger partial charge on any atom is -0.504 e. The maximum Gasteiger partial charge on any atom is 0.256 e. The van der Waals surface area contributed by atoms with Crippen molar-refractivity contribution in [2.45, 2.75) is 94.7 Å². The maximum absolute atomic E-state index is 12.6. The average molecular weight is 743 g/mol. The van der Waals surface area contributed by atoms with E-state index < -0.39 is 66.3 Å². The van der Waals surface area contributed by atoms with E-state index in [0.717, 1.165) is 0 Å². The molecular formula is C36H42N2O15. The summed E-state index contributed by atoms with van der Waals surface area (Å²) in [6, 6.07) is 1.81. The average Bonchev–Trinajstić information content (AvgIpc) is 3.84. The van der Waals surface area contributed by atoms with Gasteiger partial charge < -0.3 is 74.4 Å². The van der Waals surface area contributed by atoms with Crippen molar-refractivity contribution in [1.29, 1.82) is 0 Å². The highest BCUT2D eigenvalue weighted by atomic mass is 16.8. The number of amides is 2. The van der Waals surface area contributed by atoms with Gasteiger partial charge in [-0.05, 0) is 70.0 Å². The molecule has 2 aromatic rings. The smallest absolute Gasteiger partial charge is 0.256 e. The van der Waals surface area contributed by atoms with E-state index in [1.807, 2.05) is 20.8 Å². The number of phenolic OH excluding ortho intramolecular Hbond substituents is 2. The van der Waals surface area contributed by atoms with E-state index >= 15 is 0 Å². The van der Waals surface area contributed by atoms with Gasteiger partial charge in [0, 0.05) is 18.2 Å². The number of aliphatic hydroxyl groups excluding tert-OH is 4. The third kappa shape index (κ3) is 6.31. The molecule has 8 atom stereocenters. The molecule has 2 aliphatic carbocycles. The van der Waals surface area contributed by atoms with Crippen LogP contribution in [0.1, 0.15) is 66.5 Å². The Hall–Kier alpha value is -4.62. The Morgan fingerprint density at radius 2 is 1.17 bits per heavy atom. The Morgan fingerprint density at radius 1 is 0.717 bits per heavy atom. The molecule has 2 amide bonds. The lowest BCUT2D eigenvalue weighted by atomic mass is 9.79. The van der Waals surface area contributed by atoms with Crippen LogP contribution in [0.2, 0.25) is 0 Å². The number of nitrogens with one attached hydrogen (secondary N) is 2. The van der Waals surface area contributed by atoms with Gasteiger partial charge in [-0.15, -0.1) is 0 Å². The van der Waals surface area contributed by atoms with Gasteiger partial charge in [0.25, 0.3) is 11.8 Å². The lowest BCUT2D eigenvalue weighted by molar-refractivity contribution is -0.152. The van der Waals surface area contributed by atoms with Crippen LogP contribution in [0.5, 0.6) is 34.5 Å². The molecule has 9 rings (SSSR count). The number of hydrogen-bond acceptors (Lipinski definition) is 15. The second kappa shape index (κ2) is 13.0. The highest BCUT2D eigenvalue weighted by molar-refractivity contribution is 6.08. The number of aromatic hydroxyl groups is 2. The first-order valence-corrected chi connectivity index (χ1v) is 16.9. The van der Waals surface area contributed by atoms with Crippen LogP contribution in [-0.2, 0) is 14.2 Å². The first-order chi connectivity index (χ1) is 24.9. The molecule has 5 aliphatic heterocycles. The SMILES string of the molecule is CC1(C)O[C@@H]2[C@H](O1)[C@@H](O)C=C1c3cc4c(c(O)c3C(=O)N[C@H]12)OCO4.COC(C)(C)C.O=C1N[C@@H]2C(=C[C@H](O)[C@@H](O)[C@H]2O)c2cc3c(c(O)c21)OCO3. The van der Waals surface area contributed by atoms with Crippen LogP contribution in [-0.4, -0.2) is 123 Å². The summed E-state index contributed by atoms with van der Waals surface area (Å²) in [5, 5.41) is 66.2. The number of hydrogen-bond donors (Lipinski definition) is 8. The molecule has 5 heterocycles. The zero-order valence-electron chi connectivity index (χ0n) is 29.7. The molecule has 1 fully saturated rings. The summed E-state index contributed by atoms with van der Waals surface area (Å²) in [4.78, 5) is 24.9. The topological polar surface area (TPSA) is 244 Å². The van der Waals surface area contributed by atoms with Crippen LogP contribution in [0, 0.1) is 0 Å². The number of carbonyl (C=O) groups is 2. The third-order valence-corrected chi connectivity index (χ3v) is 9.78. The fourth-order valence-electron chi connectivity index (χ4n) is 7.10. The van der Waals surface area contributed by atoms with Crippen molar-refractivity contribution in [3.8, 4) is 34.5 Å². The number of aliphatic hydroxyl groups is 4. The summed E-state index contributed by atoms with van der Waals surface area (Å²) in [7, 11) is 1.71. The zero-order chi connectivity index (χ0) is 38.3. The number of benzene rings is 2. The van der Waals surface area contributed by atoms with Gasteiger partial charge in [-0.3, -0.25) is 9.59 Å². The summed E-state index contributed by atoms with van der Waals surface area (Å²) in [5.41, 5.74) is 2.05. The van der Waals surface area contributed by atoms with Gasteiger partial charge in [-0.2, -0.15) is 0 Å². The van der Waals surface area contributed by atoms with Crippen molar-refractivity contribution in [2.24, 2.45) is 0 Å². The van der Waals surface area contributed by atoms with Crippen molar-refractivity contribution in [3.05, 3.63) is 46.5 Å². The number of methoxy groups -OCH3 is 1. The lowest BCUT2D eigenvalue weighted by Gasteiger charge is -2.39. The largest absolute Gasteiger partial charge is 0.504 e. The third-order valence-electron chi connectivity index (χ3n) is 9.78. The van der Waals surface area contributed by atoms with Crippen LogP contribution in [0.4, 0.5) is 0 Å². The molecule has 7 aliphatic rings. The lowest BCUT2D eigenvalue weighted by Crippen LogP contribution is -2.57. The molecule has 0 bridgehead atoms. The van der Waals surface area contributed by atoms with Gasteiger partial charge in [0.1, 0.15) is 36.6 Å². The van der Waals surface area contributed by atoms with E-state index in [4.69, 9.17) is 33.2 Å². The van der Waals surface area contributed by atoms with E-state index in [2.05, 4.69) is 10.6 Å². The van der Waals surface area contributed by atoms with Gasteiger partial charge in [-0.25, -0.2) is 0 Å². The van der Waals surface area contributed by atoms with E-state index in [1.54, 1.807) is 33.1 Å². The van der Waals surface area contributed by atoms with E-state index in [0.29, 0.717) is 28.0 Å². The number of phenols is 2. The number of carbonyl (C=O) groups excluding carboxylic acids is 2. The predicted octanol–water partition coefficient (Wildman–Crippen LogP) is 0.655. The molecular weight excluding hydrogens is 700 g/mol. The first kappa shape index (κ1) is 36.7. The zero-order valence-corrected chi connectivity index (χ0v) is 29.7. The van der Waals surface area contributed by atoms with E-state index in [9.17, 15) is 40.2 Å². The molecule has 8 N–H and O–H groups in total.